The second-order valence-electron chi connectivity index (χ2n) is 6.36. The molecule has 0 unspecified atom stereocenters. The molecule has 1 aliphatic heterocycles. The van der Waals surface area contributed by atoms with E-state index in [1.807, 2.05) is 6.07 Å². The second kappa shape index (κ2) is 8.45. The highest BCUT2D eigenvalue weighted by Gasteiger charge is 2.33. The topological polar surface area (TPSA) is 54.6 Å². The van der Waals surface area contributed by atoms with Gasteiger partial charge in [-0.25, -0.2) is 4.99 Å². The Balaban J connectivity index is 1.56. The number of halogens is 5. The number of furan rings is 1. The smallest absolute Gasteiger partial charge is 0.417 e. The fourth-order valence-electron chi connectivity index (χ4n) is 2.75. The van der Waals surface area contributed by atoms with Crippen LogP contribution in [0, 0.1) is 0 Å². The molecule has 0 aliphatic carbocycles. The molecule has 1 amide bonds. The van der Waals surface area contributed by atoms with Crippen molar-refractivity contribution in [1.82, 2.24) is 5.32 Å². The summed E-state index contributed by atoms with van der Waals surface area (Å²) in [5, 5.41) is 2.81. The molecule has 1 N–H and O–H groups in total. The summed E-state index contributed by atoms with van der Waals surface area (Å²) in [7, 11) is 0. The van der Waals surface area contributed by atoms with Crippen LogP contribution >= 0.6 is 35.0 Å². The van der Waals surface area contributed by atoms with Crippen molar-refractivity contribution >= 4 is 57.8 Å². The minimum atomic E-state index is -4.61. The van der Waals surface area contributed by atoms with Gasteiger partial charge in [-0.15, -0.1) is 0 Å². The number of amides is 1. The van der Waals surface area contributed by atoms with Gasteiger partial charge < -0.3 is 9.73 Å². The van der Waals surface area contributed by atoms with Crippen LogP contribution in [0.4, 0.5) is 18.9 Å². The van der Waals surface area contributed by atoms with Gasteiger partial charge in [-0.05, 0) is 54.2 Å². The zero-order valence-electron chi connectivity index (χ0n) is 15.3. The summed E-state index contributed by atoms with van der Waals surface area (Å²) in [6.07, 6.45) is -3.08. The number of nitrogens with one attached hydrogen (secondary N) is 1. The summed E-state index contributed by atoms with van der Waals surface area (Å²) in [4.78, 5) is 16.6. The highest BCUT2D eigenvalue weighted by Crippen LogP contribution is 2.37. The number of hydrogen-bond donors (Lipinski definition) is 1. The highest BCUT2D eigenvalue weighted by atomic mass is 35.5. The Kier molecular flexibility index (Phi) is 5.88. The molecule has 3 aromatic rings. The van der Waals surface area contributed by atoms with Crippen LogP contribution < -0.4 is 5.32 Å². The SMILES string of the molecule is O=C1NC(=Nc2ccc(Cl)c(C(F)(F)F)c2)SC1=Cc1ccc(-c2cccc(Cl)c2)o1. The average Bonchev–Trinajstić information content (AvgIpc) is 3.29. The first-order valence-corrected chi connectivity index (χ1v) is 10.3. The van der Waals surface area contributed by atoms with Gasteiger partial charge >= 0.3 is 6.18 Å². The molecule has 4 rings (SSSR count). The van der Waals surface area contributed by atoms with Crippen molar-refractivity contribution in [3.8, 4) is 11.3 Å². The van der Waals surface area contributed by atoms with E-state index >= 15 is 0 Å². The second-order valence-corrected chi connectivity index (χ2v) is 8.23. The Morgan fingerprint density at radius 3 is 2.61 bits per heavy atom. The number of thioether (sulfide) groups is 1. The maximum atomic E-state index is 13.0. The summed E-state index contributed by atoms with van der Waals surface area (Å²) < 4.78 is 44.8. The van der Waals surface area contributed by atoms with Crippen LogP contribution in [0.3, 0.4) is 0 Å². The van der Waals surface area contributed by atoms with E-state index in [1.54, 1.807) is 30.3 Å². The maximum Gasteiger partial charge on any atom is 0.417 e. The van der Waals surface area contributed by atoms with Crippen LogP contribution in [-0.4, -0.2) is 11.1 Å². The number of amidine groups is 1. The Morgan fingerprint density at radius 1 is 1.06 bits per heavy atom. The average molecular weight is 483 g/mol. The van der Waals surface area contributed by atoms with Crippen molar-refractivity contribution in [3.63, 3.8) is 0 Å². The molecule has 2 aromatic carbocycles. The van der Waals surface area contributed by atoms with Crippen LogP contribution in [0.5, 0.6) is 0 Å². The summed E-state index contributed by atoms with van der Waals surface area (Å²) >= 11 is 12.6. The molecule has 31 heavy (non-hydrogen) atoms. The zero-order valence-corrected chi connectivity index (χ0v) is 17.7. The van der Waals surface area contributed by atoms with Crippen molar-refractivity contribution in [2.75, 3.05) is 0 Å². The predicted molar refractivity (Wildman–Crippen MR) is 116 cm³/mol. The molecule has 4 nitrogen and oxygen atoms in total. The van der Waals surface area contributed by atoms with E-state index < -0.39 is 22.7 Å². The van der Waals surface area contributed by atoms with Gasteiger partial charge in [-0.1, -0.05) is 35.3 Å². The summed E-state index contributed by atoms with van der Waals surface area (Å²) in [6.45, 7) is 0. The monoisotopic (exact) mass is 482 g/mol. The summed E-state index contributed by atoms with van der Waals surface area (Å²) in [6, 6.07) is 13.8. The van der Waals surface area contributed by atoms with Crippen LogP contribution in [-0.2, 0) is 11.0 Å². The summed E-state index contributed by atoms with van der Waals surface area (Å²) in [5.74, 6) is 0.571. The van der Waals surface area contributed by atoms with Crippen molar-refractivity contribution < 1.29 is 22.4 Å². The molecule has 2 heterocycles. The molecule has 0 saturated carbocycles. The van der Waals surface area contributed by atoms with E-state index in [0.29, 0.717) is 16.5 Å². The molecule has 1 fully saturated rings. The molecule has 1 aromatic heterocycles. The number of aliphatic imine (C=N–C) groups is 1. The molecule has 158 valence electrons. The molecule has 0 bridgehead atoms. The minimum Gasteiger partial charge on any atom is -0.457 e. The third-order valence-corrected chi connectivity index (χ3v) is 5.62. The van der Waals surface area contributed by atoms with Gasteiger partial charge in [0.15, 0.2) is 5.17 Å². The lowest BCUT2D eigenvalue weighted by molar-refractivity contribution is -0.137. The van der Waals surface area contributed by atoms with Crippen LogP contribution in [0.15, 0.2) is 68.9 Å². The quantitative estimate of drug-likeness (QED) is 0.402. The zero-order chi connectivity index (χ0) is 22.2. The number of carbonyl (C=O) groups is 1. The predicted octanol–water partition coefficient (Wildman–Crippen LogP) is 7.16. The van der Waals surface area contributed by atoms with Crippen LogP contribution in [0.2, 0.25) is 10.0 Å². The van der Waals surface area contributed by atoms with Gasteiger partial charge in [0.05, 0.1) is 21.2 Å². The first kappa shape index (κ1) is 21.5. The molecule has 10 heteroatoms. The number of alkyl halides is 3. The fraction of sp³-hybridized carbons (Fsp3) is 0.0476. The lowest BCUT2D eigenvalue weighted by Gasteiger charge is -2.09. The number of carbonyl (C=O) groups excluding carboxylic acids is 1. The Labute approximate surface area is 188 Å². The normalized spacial score (nSPS) is 16.9. The van der Waals surface area contributed by atoms with Gasteiger partial charge in [0, 0.05) is 16.7 Å². The Morgan fingerprint density at radius 2 is 1.87 bits per heavy atom. The van der Waals surface area contributed by atoms with Crippen LogP contribution in [0.25, 0.3) is 17.4 Å². The minimum absolute atomic E-state index is 0.0158. The summed E-state index contributed by atoms with van der Waals surface area (Å²) in [5.41, 5.74) is -0.196. The van der Waals surface area contributed by atoms with E-state index in [4.69, 9.17) is 27.6 Å². The first-order valence-electron chi connectivity index (χ1n) is 8.71. The molecule has 0 atom stereocenters. The van der Waals surface area contributed by atoms with Gasteiger partial charge in [0.2, 0.25) is 0 Å². The van der Waals surface area contributed by atoms with Gasteiger partial charge in [0.1, 0.15) is 11.5 Å². The molecular weight excluding hydrogens is 472 g/mol. The van der Waals surface area contributed by atoms with E-state index in [9.17, 15) is 18.0 Å². The highest BCUT2D eigenvalue weighted by molar-refractivity contribution is 8.18. The number of nitrogens with zero attached hydrogens (tertiary/aromatic N) is 1. The van der Waals surface area contributed by atoms with Gasteiger partial charge in [0.25, 0.3) is 5.91 Å². The number of benzene rings is 2. The first-order chi connectivity index (χ1) is 14.7. The number of rotatable bonds is 3. The van der Waals surface area contributed by atoms with E-state index in [1.165, 1.54) is 12.1 Å². The van der Waals surface area contributed by atoms with Crippen molar-refractivity contribution in [2.45, 2.75) is 6.18 Å². The van der Waals surface area contributed by atoms with Gasteiger partial charge in [-0.3, -0.25) is 4.79 Å². The van der Waals surface area contributed by atoms with E-state index in [2.05, 4.69) is 10.3 Å². The maximum absolute atomic E-state index is 13.0. The van der Waals surface area contributed by atoms with Crippen LogP contribution in [0.1, 0.15) is 11.3 Å². The third-order valence-electron chi connectivity index (χ3n) is 4.15. The van der Waals surface area contributed by atoms with E-state index in [-0.39, 0.29) is 15.8 Å². The largest absolute Gasteiger partial charge is 0.457 e. The molecule has 0 radical (unpaired) electrons. The van der Waals surface area contributed by atoms with Crippen molar-refractivity contribution in [1.29, 1.82) is 0 Å². The fourth-order valence-corrected chi connectivity index (χ4v) is 3.99. The molecule has 1 saturated heterocycles. The molecule has 1 aliphatic rings. The van der Waals surface area contributed by atoms with Crippen molar-refractivity contribution in [2.24, 2.45) is 4.99 Å². The third kappa shape index (κ3) is 4.98. The lowest BCUT2D eigenvalue weighted by atomic mass is 10.2. The molecule has 0 spiro atoms. The van der Waals surface area contributed by atoms with Crippen molar-refractivity contribution in [3.05, 3.63) is 80.9 Å². The lowest BCUT2D eigenvalue weighted by Crippen LogP contribution is -2.19. The Bertz CT molecular complexity index is 1240. The van der Waals surface area contributed by atoms with E-state index in [0.717, 1.165) is 29.5 Å². The molecular formula is C21H11Cl2F3N2O2S. The number of hydrogen-bond acceptors (Lipinski definition) is 4. The standard InChI is InChI=1S/C21H11Cl2F3N2O2S/c22-12-3-1-2-11(8-12)17-7-5-14(30-17)10-18-19(29)28-20(31-18)27-13-4-6-16(23)15(9-13)21(24,25)26/h1-10H,(H,27,28,29). The van der Waals surface area contributed by atoms with Gasteiger partial charge in [-0.2, -0.15) is 13.2 Å². The Hall–Kier alpha value is -2.68.